The molecule has 2 N–H and O–H groups in total. The Morgan fingerprint density at radius 2 is 1.71 bits per heavy atom. The summed E-state index contributed by atoms with van der Waals surface area (Å²) >= 11 is 5.40. The van der Waals surface area contributed by atoms with Gasteiger partial charge in [0.1, 0.15) is 0 Å². The van der Waals surface area contributed by atoms with Gasteiger partial charge in [-0.05, 0) is 38.6 Å². The molecule has 0 amide bonds. The van der Waals surface area contributed by atoms with Gasteiger partial charge >= 0.3 is 0 Å². The third kappa shape index (κ3) is 2.64. The molecule has 4 heteroatoms. The van der Waals surface area contributed by atoms with E-state index in [1.807, 2.05) is 0 Å². The standard InChI is InChI=1S/C13H25N3S/c1-11-3-5-13(6-4-11,12(14)17)16-9-7-15(2)8-10-16/h11H,3-10H2,1-2H3,(H2,14,17). The Morgan fingerprint density at radius 3 is 2.18 bits per heavy atom. The predicted molar refractivity (Wildman–Crippen MR) is 76.2 cm³/mol. The van der Waals surface area contributed by atoms with E-state index in [1.54, 1.807) is 0 Å². The van der Waals surface area contributed by atoms with Gasteiger partial charge in [-0.2, -0.15) is 0 Å². The number of rotatable bonds is 2. The molecule has 0 aromatic rings. The lowest BCUT2D eigenvalue weighted by atomic mass is 9.75. The maximum Gasteiger partial charge on any atom is 0.0933 e. The molecule has 0 unspecified atom stereocenters. The summed E-state index contributed by atoms with van der Waals surface area (Å²) in [5.41, 5.74) is 6.12. The minimum atomic E-state index is 0.0309. The summed E-state index contributed by atoms with van der Waals surface area (Å²) in [5.74, 6) is 0.838. The van der Waals surface area contributed by atoms with Crippen LogP contribution in [0.3, 0.4) is 0 Å². The van der Waals surface area contributed by atoms with Gasteiger partial charge in [-0.25, -0.2) is 0 Å². The van der Waals surface area contributed by atoms with Gasteiger partial charge in [-0.3, -0.25) is 4.90 Å². The molecule has 3 nitrogen and oxygen atoms in total. The third-order valence-electron chi connectivity index (χ3n) is 4.67. The first kappa shape index (κ1) is 13.2. The summed E-state index contributed by atoms with van der Waals surface area (Å²) in [4.78, 5) is 5.67. The first-order valence-corrected chi connectivity index (χ1v) is 7.19. The quantitative estimate of drug-likeness (QED) is 0.758. The molecule has 0 spiro atoms. The van der Waals surface area contributed by atoms with Crippen molar-refractivity contribution in [3.05, 3.63) is 0 Å². The van der Waals surface area contributed by atoms with Gasteiger partial charge in [0.05, 0.1) is 10.5 Å². The Hall–Kier alpha value is -0.190. The Labute approximate surface area is 110 Å². The normalized spacial score (nSPS) is 36.9. The summed E-state index contributed by atoms with van der Waals surface area (Å²) in [7, 11) is 2.19. The van der Waals surface area contributed by atoms with E-state index in [0.717, 1.165) is 49.9 Å². The molecule has 1 aliphatic heterocycles. The summed E-state index contributed by atoms with van der Waals surface area (Å²) in [5, 5.41) is 0. The van der Waals surface area contributed by atoms with Crippen molar-refractivity contribution in [3.63, 3.8) is 0 Å². The van der Waals surface area contributed by atoms with Crippen LogP contribution in [0.4, 0.5) is 0 Å². The second-order valence-electron chi connectivity index (χ2n) is 5.87. The number of piperazine rings is 1. The largest absolute Gasteiger partial charge is 0.392 e. The van der Waals surface area contributed by atoms with Crippen molar-refractivity contribution in [1.29, 1.82) is 0 Å². The average molecular weight is 255 g/mol. The van der Waals surface area contributed by atoms with Gasteiger partial charge in [0, 0.05) is 26.2 Å². The van der Waals surface area contributed by atoms with Crippen LogP contribution in [-0.4, -0.2) is 53.6 Å². The van der Waals surface area contributed by atoms with Crippen LogP contribution in [-0.2, 0) is 0 Å². The summed E-state index contributed by atoms with van der Waals surface area (Å²) < 4.78 is 0. The number of thiocarbonyl (C=S) groups is 1. The lowest BCUT2D eigenvalue weighted by molar-refractivity contribution is 0.0497. The Bertz CT molecular complexity index is 276. The van der Waals surface area contributed by atoms with Crippen LogP contribution in [0.5, 0.6) is 0 Å². The van der Waals surface area contributed by atoms with E-state index in [1.165, 1.54) is 12.8 Å². The summed E-state index contributed by atoms with van der Waals surface area (Å²) in [6.45, 7) is 6.84. The molecule has 0 bridgehead atoms. The van der Waals surface area contributed by atoms with Crippen molar-refractivity contribution in [2.24, 2.45) is 11.7 Å². The zero-order valence-corrected chi connectivity index (χ0v) is 11.9. The van der Waals surface area contributed by atoms with Gasteiger partial charge < -0.3 is 10.6 Å². The van der Waals surface area contributed by atoms with Crippen molar-refractivity contribution < 1.29 is 0 Å². The highest BCUT2D eigenvalue weighted by atomic mass is 32.1. The SMILES string of the molecule is CC1CCC(C(N)=S)(N2CCN(C)CC2)CC1. The zero-order chi connectivity index (χ0) is 12.5. The van der Waals surface area contributed by atoms with Crippen LogP contribution in [0.2, 0.25) is 0 Å². The van der Waals surface area contributed by atoms with Gasteiger partial charge in [0.15, 0.2) is 0 Å². The monoisotopic (exact) mass is 255 g/mol. The molecular formula is C13H25N3S. The lowest BCUT2D eigenvalue weighted by Crippen LogP contribution is -2.62. The van der Waals surface area contributed by atoms with Crippen molar-refractivity contribution in [2.45, 2.75) is 38.1 Å². The molecule has 2 aliphatic rings. The van der Waals surface area contributed by atoms with Crippen LogP contribution in [0.1, 0.15) is 32.6 Å². The van der Waals surface area contributed by atoms with Gasteiger partial charge in [0.25, 0.3) is 0 Å². The maximum absolute atomic E-state index is 6.09. The second-order valence-corrected chi connectivity index (χ2v) is 6.31. The Balaban J connectivity index is 2.09. The molecule has 0 aromatic heterocycles. The number of likely N-dealkylation sites (N-methyl/N-ethyl adjacent to an activating group) is 1. The molecule has 0 aromatic carbocycles. The van der Waals surface area contributed by atoms with Crippen molar-refractivity contribution in [1.82, 2.24) is 9.80 Å². The van der Waals surface area contributed by atoms with Crippen LogP contribution in [0, 0.1) is 5.92 Å². The van der Waals surface area contributed by atoms with E-state index >= 15 is 0 Å². The predicted octanol–water partition coefficient (Wildman–Crippen LogP) is 1.47. The zero-order valence-electron chi connectivity index (χ0n) is 11.1. The smallest absolute Gasteiger partial charge is 0.0933 e. The van der Waals surface area contributed by atoms with Gasteiger partial charge in [0.2, 0.25) is 0 Å². The van der Waals surface area contributed by atoms with Gasteiger partial charge in [-0.15, -0.1) is 0 Å². The summed E-state index contributed by atoms with van der Waals surface area (Å²) in [6, 6.07) is 0. The fourth-order valence-electron chi connectivity index (χ4n) is 3.19. The molecule has 1 aliphatic carbocycles. The summed E-state index contributed by atoms with van der Waals surface area (Å²) in [6.07, 6.45) is 4.85. The number of hydrogen-bond acceptors (Lipinski definition) is 3. The molecule has 98 valence electrons. The highest BCUT2D eigenvalue weighted by Gasteiger charge is 2.42. The van der Waals surface area contributed by atoms with E-state index in [-0.39, 0.29) is 5.54 Å². The van der Waals surface area contributed by atoms with Crippen LogP contribution in [0.15, 0.2) is 0 Å². The van der Waals surface area contributed by atoms with Crippen LogP contribution < -0.4 is 5.73 Å². The third-order valence-corrected chi connectivity index (χ3v) is 5.05. The van der Waals surface area contributed by atoms with E-state index in [0.29, 0.717) is 0 Å². The topological polar surface area (TPSA) is 32.5 Å². The molecule has 2 rings (SSSR count). The molecular weight excluding hydrogens is 230 g/mol. The number of nitrogens with two attached hydrogens (primary N) is 1. The minimum absolute atomic E-state index is 0.0309. The van der Waals surface area contributed by atoms with Crippen LogP contribution in [0.25, 0.3) is 0 Å². The molecule has 1 saturated carbocycles. The second kappa shape index (κ2) is 5.21. The molecule has 2 fully saturated rings. The van der Waals surface area contributed by atoms with E-state index in [9.17, 15) is 0 Å². The Morgan fingerprint density at radius 1 is 1.18 bits per heavy atom. The van der Waals surface area contributed by atoms with Gasteiger partial charge in [-0.1, -0.05) is 19.1 Å². The lowest BCUT2D eigenvalue weighted by Gasteiger charge is -2.49. The van der Waals surface area contributed by atoms with Crippen molar-refractivity contribution in [3.8, 4) is 0 Å². The highest BCUT2D eigenvalue weighted by Crippen LogP contribution is 2.37. The van der Waals surface area contributed by atoms with Crippen molar-refractivity contribution >= 4 is 17.2 Å². The van der Waals surface area contributed by atoms with E-state index < -0.39 is 0 Å². The first-order valence-electron chi connectivity index (χ1n) is 6.78. The molecule has 0 atom stereocenters. The fourth-order valence-corrected chi connectivity index (χ4v) is 3.53. The molecule has 17 heavy (non-hydrogen) atoms. The average Bonchev–Trinajstić information content (AvgIpc) is 2.31. The van der Waals surface area contributed by atoms with Crippen molar-refractivity contribution in [2.75, 3.05) is 33.2 Å². The molecule has 1 saturated heterocycles. The van der Waals surface area contributed by atoms with E-state index in [4.69, 9.17) is 18.0 Å². The maximum atomic E-state index is 6.09. The minimum Gasteiger partial charge on any atom is -0.392 e. The van der Waals surface area contributed by atoms with Crippen LogP contribution >= 0.6 is 12.2 Å². The Kier molecular flexibility index (Phi) is 4.06. The first-order chi connectivity index (χ1) is 8.04. The molecule has 0 radical (unpaired) electrons. The number of hydrogen-bond donors (Lipinski definition) is 1. The number of nitrogens with zero attached hydrogens (tertiary/aromatic N) is 2. The van der Waals surface area contributed by atoms with E-state index in [2.05, 4.69) is 23.8 Å². The fraction of sp³-hybridized carbons (Fsp3) is 0.923. The highest BCUT2D eigenvalue weighted by molar-refractivity contribution is 7.80. The molecule has 1 heterocycles.